The van der Waals surface area contributed by atoms with E-state index in [2.05, 4.69) is 9.83 Å². The minimum atomic E-state index is -4.47. The van der Waals surface area contributed by atoms with Crippen LogP contribution in [0.3, 0.4) is 0 Å². The summed E-state index contributed by atoms with van der Waals surface area (Å²) in [7, 11) is 0. The van der Waals surface area contributed by atoms with Crippen LogP contribution >= 0.6 is 0 Å². The monoisotopic (exact) mass is 279 g/mol. The van der Waals surface area contributed by atoms with Crippen molar-refractivity contribution in [2.24, 2.45) is 0 Å². The molecule has 0 N–H and O–H groups in total. The molecule has 0 aliphatic rings. The zero-order valence-corrected chi connectivity index (χ0v) is 10.9. The van der Waals surface area contributed by atoms with Crippen molar-refractivity contribution >= 4 is 5.69 Å². The number of hydrogen-bond acceptors (Lipinski definition) is 1. The molecule has 0 spiro atoms. The highest BCUT2D eigenvalue weighted by Crippen LogP contribution is 2.32. The summed E-state index contributed by atoms with van der Waals surface area (Å²) in [5, 5.41) is 0. The zero-order chi connectivity index (χ0) is 14.9. The van der Waals surface area contributed by atoms with Crippen molar-refractivity contribution in [1.82, 2.24) is 9.55 Å². The van der Waals surface area contributed by atoms with Gasteiger partial charge >= 0.3 is 6.18 Å². The van der Waals surface area contributed by atoms with E-state index in [0.29, 0.717) is 11.3 Å². The Morgan fingerprint density at radius 1 is 1.20 bits per heavy atom. The Hall–Kier alpha value is -2.29. The molecule has 6 heteroatoms. The van der Waals surface area contributed by atoms with Gasteiger partial charge in [0.25, 0.3) is 0 Å². The molecule has 0 aliphatic heterocycles. The van der Waals surface area contributed by atoms with Crippen LogP contribution in [0.2, 0.25) is 0 Å². The Morgan fingerprint density at radius 2 is 1.80 bits per heavy atom. The lowest BCUT2D eigenvalue weighted by Gasteiger charge is -2.11. The van der Waals surface area contributed by atoms with Crippen LogP contribution in [-0.2, 0) is 6.18 Å². The maximum Gasteiger partial charge on any atom is 0.434 e. The summed E-state index contributed by atoms with van der Waals surface area (Å²) in [4.78, 5) is 6.94. The van der Waals surface area contributed by atoms with Crippen LogP contribution in [0.25, 0.3) is 16.2 Å². The molecule has 0 unspecified atom stereocenters. The molecule has 20 heavy (non-hydrogen) atoms. The zero-order valence-electron chi connectivity index (χ0n) is 10.9. The van der Waals surface area contributed by atoms with Gasteiger partial charge in [0.15, 0.2) is 11.4 Å². The second-order valence-electron chi connectivity index (χ2n) is 4.61. The predicted octanol–water partition coefficient (Wildman–Crippen LogP) is 4.70. The molecule has 0 aliphatic carbocycles. The third-order valence-electron chi connectivity index (χ3n) is 2.83. The molecule has 0 fully saturated rings. The van der Waals surface area contributed by atoms with Gasteiger partial charge in [-0.3, -0.25) is 0 Å². The number of halogens is 3. The number of hydrogen-bond donors (Lipinski definition) is 0. The van der Waals surface area contributed by atoms with Crippen molar-refractivity contribution in [3.63, 3.8) is 0 Å². The van der Waals surface area contributed by atoms with Crippen LogP contribution in [0.5, 0.6) is 0 Å². The Morgan fingerprint density at radius 3 is 2.25 bits per heavy atom. The summed E-state index contributed by atoms with van der Waals surface area (Å²) >= 11 is 0. The fourth-order valence-electron chi connectivity index (χ4n) is 1.82. The van der Waals surface area contributed by atoms with Crippen molar-refractivity contribution in [3.8, 4) is 11.4 Å². The van der Waals surface area contributed by atoms with E-state index < -0.39 is 11.9 Å². The average Bonchev–Trinajstić information content (AvgIpc) is 2.84. The van der Waals surface area contributed by atoms with Gasteiger partial charge < -0.3 is 4.57 Å². The normalized spacial score (nSPS) is 11.7. The molecule has 0 saturated heterocycles. The maximum atomic E-state index is 12.8. The number of rotatable bonds is 2. The van der Waals surface area contributed by atoms with Gasteiger partial charge in [0.2, 0.25) is 0 Å². The molecule has 3 nitrogen and oxygen atoms in total. The first-order chi connectivity index (χ1) is 9.32. The van der Waals surface area contributed by atoms with Gasteiger partial charge in [0.05, 0.1) is 6.57 Å². The summed E-state index contributed by atoms with van der Waals surface area (Å²) in [6.45, 7) is 10.5. The quantitative estimate of drug-likeness (QED) is 0.730. The van der Waals surface area contributed by atoms with E-state index in [-0.39, 0.29) is 11.9 Å². The molecule has 2 aromatic rings. The molecule has 2 rings (SSSR count). The molecule has 0 amide bonds. The van der Waals surface area contributed by atoms with Gasteiger partial charge in [-0.1, -0.05) is 24.3 Å². The molecule has 1 aromatic carbocycles. The molecule has 104 valence electrons. The Balaban J connectivity index is 2.54. The fraction of sp³-hybridized carbons (Fsp3) is 0.286. The summed E-state index contributed by atoms with van der Waals surface area (Å²) in [5.41, 5.74) is 0.0875. The summed E-state index contributed by atoms with van der Waals surface area (Å²) in [5.74, 6) is 0.254. The van der Waals surface area contributed by atoms with Gasteiger partial charge in [0.1, 0.15) is 5.82 Å². The van der Waals surface area contributed by atoms with Crippen molar-refractivity contribution in [2.45, 2.75) is 26.1 Å². The summed E-state index contributed by atoms with van der Waals surface area (Å²) < 4.78 is 39.8. The molecule has 0 atom stereocenters. The highest BCUT2D eigenvalue weighted by Gasteiger charge is 2.35. The highest BCUT2D eigenvalue weighted by molar-refractivity contribution is 5.61. The lowest BCUT2D eigenvalue weighted by Crippen LogP contribution is -2.05. The van der Waals surface area contributed by atoms with E-state index in [1.54, 1.807) is 38.1 Å². The molecule has 1 heterocycles. The SMILES string of the molecule is [C-]#[N+]c1ccc(-c2nc(C(F)(F)F)cn2C(C)C)cc1. The lowest BCUT2D eigenvalue weighted by molar-refractivity contribution is -0.140. The number of imidazole rings is 1. The van der Waals surface area contributed by atoms with E-state index in [0.717, 1.165) is 6.20 Å². The van der Waals surface area contributed by atoms with Crippen LogP contribution in [-0.4, -0.2) is 9.55 Å². The largest absolute Gasteiger partial charge is 0.434 e. The van der Waals surface area contributed by atoms with Crippen molar-refractivity contribution in [2.75, 3.05) is 0 Å². The van der Waals surface area contributed by atoms with E-state index in [1.165, 1.54) is 4.57 Å². The lowest BCUT2D eigenvalue weighted by atomic mass is 10.2. The summed E-state index contributed by atoms with van der Waals surface area (Å²) in [6, 6.07) is 6.20. The second-order valence-corrected chi connectivity index (χ2v) is 4.61. The van der Waals surface area contributed by atoms with Gasteiger partial charge in [-0.25, -0.2) is 9.83 Å². The van der Waals surface area contributed by atoms with Crippen LogP contribution in [0.15, 0.2) is 30.5 Å². The number of nitrogens with zero attached hydrogens (tertiary/aromatic N) is 3. The molecule has 0 bridgehead atoms. The van der Waals surface area contributed by atoms with Gasteiger partial charge in [-0.2, -0.15) is 13.2 Å². The molecule has 0 saturated carbocycles. The minimum Gasteiger partial charge on any atom is -0.328 e. The predicted molar refractivity (Wildman–Crippen MR) is 69.3 cm³/mol. The number of aromatic nitrogens is 2. The van der Waals surface area contributed by atoms with Gasteiger partial charge in [-0.05, 0) is 13.8 Å². The van der Waals surface area contributed by atoms with E-state index in [4.69, 9.17) is 6.57 Å². The summed E-state index contributed by atoms with van der Waals surface area (Å²) in [6.07, 6.45) is -3.45. The van der Waals surface area contributed by atoms with Crippen molar-refractivity contribution < 1.29 is 13.2 Å². The van der Waals surface area contributed by atoms with Crippen molar-refractivity contribution in [3.05, 3.63) is 47.6 Å². The van der Waals surface area contributed by atoms with Crippen LogP contribution in [0.4, 0.5) is 18.9 Å². The molecular weight excluding hydrogens is 267 g/mol. The first-order valence-corrected chi connectivity index (χ1v) is 5.97. The Labute approximate surface area is 114 Å². The Bertz CT molecular complexity index is 646. The molecular formula is C14H12F3N3. The first-order valence-electron chi connectivity index (χ1n) is 5.97. The van der Waals surface area contributed by atoms with Crippen LogP contribution in [0.1, 0.15) is 25.6 Å². The van der Waals surface area contributed by atoms with Crippen molar-refractivity contribution in [1.29, 1.82) is 0 Å². The smallest absolute Gasteiger partial charge is 0.328 e. The maximum absolute atomic E-state index is 12.8. The third kappa shape index (κ3) is 2.67. The number of benzene rings is 1. The van der Waals surface area contributed by atoms with Gasteiger partial charge in [-0.15, -0.1) is 0 Å². The van der Waals surface area contributed by atoms with Crippen LogP contribution < -0.4 is 0 Å². The highest BCUT2D eigenvalue weighted by atomic mass is 19.4. The van der Waals surface area contributed by atoms with E-state index in [9.17, 15) is 13.2 Å². The topological polar surface area (TPSA) is 22.2 Å². The minimum absolute atomic E-state index is 0.144. The average molecular weight is 279 g/mol. The van der Waals surface area contributed by atoms with Gasteiger partial charge in [0, 0.05) is 17.8 Å². The number of alkyl halides is 3. The fourth-order valence-corrected chi connectivity index (χ4v) is 1.82. The Kier molecular flexibility index (Phi) is 3.53. The third-order valence-corrected chi connectivity index (χ3v) is 2.83. The van der Waals surface area contributed by atoms with E-state index in [1.807, 2.05) is 0 Å². The molecule has 1 aromatic heterocycles. The van der Waals surface area contributed by atoms with E-state index >= 15 is 0 Å². The molecule has 0 radical (unpaired) electrons. The second kappa shape index (κ2) is 5.00. The first kappa shape index (κ1) is 14.1. The van der Waals surface area contributed by atoms with Crippen LogP contribution in [0, 0.1) is 6.57 Å². The standard InChI is InChI=1S/C14H12F3N3/c1-9(2)20-8-12(14(15,16)17)19-13(20)10-4-6-11(18-3)7-5-10/h4-9H,1-2H3.